The Morgan fingerprint density at radius 3 is 2.12 bits per heavy atom. The zero-order chi connectivity index (χ0) is 24.1. The van der Waals surface area contributed by atoms with Gasteiger partial charge in [-0.3, -0.25) is 4.79 Å². The van der Waals surface area contributed by atoms with Crippen molar-refractivity contribution < 1.29 is 28.2 Å². The van der Waals surface area contributed by atoms with E-state index >= 15 is 0 Å². The van der Waals surface area contributed by atoms with Crippen LogP contribution in [-0.4, -0.2) is 49.0 Å². The van der Waals surface area contributed by atoms with Crippen LogP contribution in [0.3, 0.4) is 0 Å². The Morgan fingerprint density at radius 1 is 1.00 bits per heavy atom. The first kappa shape index (κ1) is 23.8. The number of carbonyl (C=O) groups is 2. The highest BCUT2D eigenvalue weighted by atomic mass is 19.1. The van der Waals surface area contributed by atoms with Crippen LogP contribution in [0.15, 0.2) is 48.5 Å². The summed E-state index contributed by atoms with van der Waals surface area (Å²) in [6.07, 6.45) is 0. The van der Waals surface area contributed by atoms with Crippen molar-refractivity contribution >= 4 is 11.9 Å². The molecule has 0 aliphatic rings. The van der Waals surface area contributed by atoms with Gasteiger partial charge in [-0.25, -0.2) is 13.9 Å². The molecule has 1 amide bonds. The van der Waals surface area contributed by atoms with Crippen molar-refractivity contribution in [1.82, 2.24) is 15.1 Å². The SMILES string of the molecule is COC(=O)C(NC(=O)c1cc(-c2c(OC)cccc2OC)n(-c2ccc(F)cc2)n1)C(C)C. The maximum absolute atomic E-state index is 13.5. The number of aromatic nitrogens is 2. The molecule has 1 N–H and O–H groups in total. The van der Waals surface area contributed by atoms with Crippen LogP contribution in [-0.2, 0) is 9.53 Å². The minimum atomic E-state index is -0.845. The van der Waals surface area contributed by atoms with Crippen LogP contribution in [0, 0.1) is 11.7 Å². The van der Waals surface area contributed by atoms with Gasteiger partial charge in [0.1, 0.15) is 23.4 Å². The van der Waals surface area contributed by atoms with Gasteiger partial charge in [0.15, 0.2) is 5.69 Å². The van der Waals surface area contributed by atoms with Gasteiger partial charge >= 0.3 is 5.97 Å². The Bertz CT molecular complexity index is 1120. The van der Waals surface area contributed by atoms with Crippen molar-refractivity contribution in [2.75, 3.05) is 21.3 Å². The standard InChI is InChI=1S/C24H26FN3O5/c1-14(2)22(24(30)33-5)26-23(29)17-13-18(21-19(31-3)7-6-8-20(21)32-4)28(27-17)16-11-9-15(25)10-12-16/h6-14,22H,1-5H3,(H,26,29). The molecular formula is C24H26FN3O5. The number of hydrogen-bond donors (Lipinski definition) is 1. The van der Waals surface area contributed by atoms with Crippen molar-refractivity contribution in [2.45, 2.75) is 19.9 Å². The number of halogens is 1. The Balaban J connectivity index is 2.15. The molecule has 33 heavy (non-hydrogen) atoms. The number of benzene rings is 2. The van der Waals surface area contributed by atoms with Gasteiger partial charge in [-0.2, -0.15) is 5.10 Å². The molecule has 0 saturated carbocycles. The summed E-state index contributed by atoms with van der Waals surface area (Å²) in [6, 6.07) is 11.7. The Morgan fingerprint density at radius 2 is 1.61 bits per heavy atom. The van der Waals surface area contributed by atoms with Crippen LogP contribution in [0.2, 0.25) is 0 Å². The molecule has 0 aliphatic carbocycles. The molecule has 0 spiro atoms. The van der Waals surface area contributed by atoms with Gasteiger partial charge in [0, 0.05) is 0 Å². The summed E-state index contributed by atoms with van der Waals surface area (Å²) in [6.45, 7) is 3.59. The van der Waals surface area contributed by atoms with E-state index in [9.17, 15) is 14.0 Å². The number of methoxy groups -OCH3 is 3. The molecule has 0 aliphatic heterocycles. The molecule has 2 aromatic carbocycles. The number of nitrogens with zero attached hydrogens (tertiary/aromatic N) is 2. The fourth-order valence-electron chi connectivity index (χ4n) is 3.39. The largest absolute Gasteiger partial charge is 0.496 e. The highest BCUT2D eigenvalue weighted by Crippen LogP contribution is 2.39. The monoisotopic (exact) mass is 455 g/mol. The highest BCUT2D eigenvalue weighted by molar-refractivity contribution is 5.96. The molecule has 1 aromatic heterocycles. The van der Waals surface area contributed by atoms with Crippen molar-refractivity contribution in [2.24, 2.45) is 5.92 Å². The molecule has 0 bridgehead atoms. The van der Waals surface area contributed by atoms with Crippen LogP contribution in [0.4, 0.5) is 4.39 Å². The van der Waals surface area contributed by atoms with Crippen molar-refractivity contribution in [3.8, 4) is 28.4 Å². The molecule has 1 heterocycles. The van der Waals surface area contributed by atoms with Gasteiger partial charge in [-0.1, -0.05) is 19.9 Å². The van der Waals surface area contributed by atoms with E-state index in [1.54, 1.807) is 50.2 Å². The molecule has 3 aromatic rings. The summed E-state index contributed by atoms with van der Waals surface area (Å²) >= 11 is 0. The molecular weight excluding hydrogens is 429 g/mol. The number of hydrogen-bond acceptors (Lipinski definition) is 6. The van der Waals surface area contributed by atoms with Gasteiger partial charge in [0.05, 0.1) is 38.3 Å². The van der Waals surface area contributed by atoms with Gasteiger partial charge in [-0.15, -0.1) is 0 Å². The molecule has 0 radical (unpaired) electrons. The number of rotatable bonds is 8. The van der Waals surface area contributed by atoms with Crippen molar-refractivity contribution in [1.29, 1.82) is 0 Å². The van der Waals surface area contributed by atoms with E-state index in [-0.39, 0.29) is 11.6 Å². The van der Waals surface area contributed by atoms with Gasteiger partial charge in [0.25, 0.3) is 5.91 Å². The van der Waals surface area contributed by atoms with Crippen LogP contribution >= 0.6 is 0 Å². The van der Waals surface area contributed by atoms with Crippen LogP contribution in [0.25, 0.3) is 16.9 Å². The maximum atomic E-state index is 13.5. The Hall–Kier alpha value is -3.88. The number of ether oxygens (including phenoxy) is 3. The molecule has 3 rings (SSSR count). The number of nitrogens with one attached hydrogen (secondary N) is 1. The summed E-state index contributed by atoms with van der Waals surface area (Å²) in [4.78, 5) is 25.2. The molecule has 174 valence electrons. The smallest absolute Gasteiger partial charge is 0.328 e. The minimum absolute atomic E-state index is 0.0526. The third kappa shape index (κ3) is 4.97. The third-order valence-corrected chi connectivity index (χ3v) is 5.11. The van der Waals surface area contributed by atoms with E-state index in [0.717, 1.165) is 0 Å². The van der Waals surface area contributed by atoms with E-state index in [2.05, 4.69) is 10.4 Å². The lowest BCUT2D eigenvalue weighted by Crippen LogP contribution is -2.45. The van der Waals surface area contributed by atoms with E-state index in [0.29, 0.717) is 28.4 Å². The van der Waals surface area contributed by atoms with Gasteiger partial charge < -0.3 is 19.5 Å². The average molecular weight is 455 g/mol. The second kappa shape index (κ2) is 10.2. The summed E-state index contributed by atoms with van der Waals surface area (Å²) in [5.41, 5.74) is 1.62. The van der Waals surface area contributed by atoms with Crippen molar-refractivity contribution in [3.63, 3.8) is 0 Å². The highest BCUT2D eigenvalue weighted by Gasteiger charge is 2.28. The Labute approximate surface area is 191 Å². The molecule has 8 nitrogen and oxygen atoms in total. The second-order valence-electron chi connectivity index (χ2n) is 7.56. The van der Waals surface area contributed by atoms with E-state index in [1.165, 1.54) is 38.1 Å². The molecule has 0 fully saturated rings. The first-order valence-corrected chi connectivity index (χ1v) is 10.3. The lowest BCUT2D eigenvalue weighted by molar-refractivity contribution is -0.144. The van der Waals surface area contributed by atoms with E-state index < -0.39 is 23.7 Å². The summed E-state index contributed by atoms with van der Waals surface area (Å²) in [5.74, 6) is -0.719. The second-order valence-corrected chi connectivity index (χ2v) is 7.56. The van der Waals surface area contributed by atoms with Crippen LogP contribution in [0.1, 0.15) is 24.3 Å². The number of amides is 1. The molecule has 0 saturated heterocycles. The first-order chi connectivity index (χ1) is 15.8. The topological polar surface area (TPSA) is 91.7 Å². The predicted octanol–water partition coefficient (Wildman–Crippen LogP) is 3.62. The molecule has 1 unspecified atom stereocenters. The van der Waals surface area contributed by atoms with Gasteiger partial charge in [-0.05, 0) is 48.4 Å². The predicted molar refractivity (Wildman–Crippen MR) is 120 cm³/mol. The zero-order valence-electron chi connectivity index (χ0n) is 19.1. The minimum Gasteiger partial charge on any atom is -0.496 e. The fraction of sp³-hybridized carbons (Fsp3) is 0.292. The van der Waals surface area contributed by atoms with E-state index in [4.69, 9.17) is 14.2 Å². The fourth-order valence-corrected chi connectivity index (χ4v) is 3.39. The maximum Gasteiger partial charge on any atom is 0.328 e. The average Bonchev–Trinajstić information content (AvgIpc) is 3.26. The first-order valence-electron chi connectivity index (χ1n) is 10.3. The summed E-state index contributed by atoms with van der Waals surface area (Å²) in [7, 11) is 4.31. The van der Waals surface area contributed by atoms with Crippen LogP contribution in [0.5, 0.6) is 11.5 Å². The van der Waals surface area contributed by atoms with Crippen molar-refractivity contribution in [3.05, 3.63) is 60.0 Å². The lowest BCUT2D eigenvalue weighted by Gasteiger charge is -2.19. The zero-order valence-corrected chi connectivity index (χ0v) is 19.1. The normalized spacial score (nSPS) is 11.7. The molecule has 9 heteroatoms. The summed E-state index contributed by atoms with van der Waals surface area (Å²) in [5, 5.41) is 7.14. The molecule has 1 atom stereocenters. The number of esters is 1. The Kier molecular flexibility index (Phi) is 7.32. The van der Waals surface area contributed by atoms with E-state index in [1.807, 2.05) is 0 Å². The third-order valence-electron chi connectivity index (χ3n) is 5.11. The lowest BCUT2D eigenvalue weighted by atomic mass is 10.0. The quantitative estimate of drug-likeness (QED) is 0.522. The number of carbonyl (C=O) groups excluding carboxylic acids is 2. The van der Waals surface area contributed by atoms with Gasteiger partial charge in [0.2, 0.25) is 0 Å². The summed E-state index contributed by atoms with van der Waals surface area (Å²) < 4.78 is 30.9. The van der Waals surface area contributed by atoms with Crippen LogP contribution < -0.4 is 14.8 Å².